The van der Waals surface area contributed by atoms with Crippen molar-refractivity contribution in [3.8, 4) is 0 Å². The van der Waals surface area contributed by atoms with E-state index in [0.29, 0.717) is 16.8 Å². The van der Waals surface area contributed by atoms with Gasteiger partial charge in [-0.15, -0.1) is 0 Å². The van der Waals surface area contributed by atoms with Gasteiger partial charge in [0.05, 0.1) is 11.3 Å². The Balaban J connectivity index is 2.09. The number of aromatic nitrogens is 1. The number of ether oxygens (including phenoxy) is 1. The number of aromatic amines is 1. The zero-order valence-electron chi connectivity index (χ0n) is 16.3. The van der Waals surface area contributed by atoms with E-state index in [1.807, 2.05) is 0 Å². The first-order chi connectivity index (χ1) is 13.4. The molecule has 0 aliphatic rings. The fourth-order valence-electron chi connectivity index (χ4n) is 2.98. The first kappa shape index (κ1) is 22.1. The van der Waals surface area contributed by atoms with Gasteiger partial charge in [0.15, 0.2) is 11.9 Å². The van der Waals surface area contributed by atoms with E-state index in [-0.39, 0.29) is 17.0 Å². The molecule has 0 fully saturated rings. The third kappa shape index (κ3) is 5.22. The fraction of sp³-hybridized carbons (Fsp3) is 0.286. The van der Waals surface area contributed by atoms with Crippen LogP contribution in [0.3, 0.4) is 0 Å². The standard InChI is InChI=1S/C21H20F3NO4/c1-11-18(13(3)26)12(2)25-19(11)20(28)14(4)29-17(27)9-8-15-6-5-7-16(10-15)21(22,23)24/h5-10,14,25H,1-4H3/b9-8+/t14-/m1/s1. The number of hydrogen-bond acceptors (Lipinski definition) is 4. The molecule has 5 nitrogen and oxygen atoms in total. The van der Waals surface area contributed by atoms with E-state index in [2.05, 4.69) is 4.98 Å². The SMILES string of the molecule is CC(=O)c1c(C)[nH]c(C(=O)[C@@H](C)OC(=O)/C=C/c2cccc(C(F)(F)F)c2)c1C. The largest absolute Gasteiger partial charge is 0.451 e. The molecular weight excluding hydrogens is 387 g/mol. The van der Waals surface area contributed by atoms with Crippen LogP contribution in [-0.2, 0) is 15.7 Å². The number of aryl methyl sites for hydroxylation is 1. The van der Waals surface area contributed by atoms with E-state index < -0.39 is 29.6 Å². The highest BCUT2D eigenvalue weighted by molar-refractivity contribution is 6.05. The van der Waals surface area contributed by atoms with Crippen molar-refractivity contribution in [2.75, 3.05) is 0 Å². The molecule has 1 aromatic heterocycles. The van der Waals surface area contributed by atoms with Gasteiger partial charge in [-0.3, -0.25) is 9.59 Å². The van der Waals surface area contributed by atoms with E-state index in [4.69, 9.17) is 4.74 Å². The van der Waals surface area contributed by atoms with Crippen LogP contribution >= 0.6 is 0 Å². The number of rotatable bonds is 6. The second-order valence-electron chi connectivity index (χ2n) is 6.58. The predicted octanol–water partition coefficient (Wildman–Crippen LogP) is 4.68. The lowest BCUT2D eigenvalue weighted by atomic mass is 10.0. The smallest absolute Gasteiger partial charge is 0.416 e. The molecule has 0 radical (unpaired) electrons. The van der Waals surface area contributed by atoms with Crippen LogP contribution in [0, 0.1) is 13.8 Å². The number of Topliss-reactive ketones (excluding diaryl/α,β-unsaturated/α-hetero) is 2. The molecule has 0 bridgehead atoms. The van der Waals surface area contributed by atoms with E-state index >= 15 is 0 Å². The summed E-state index contributed by atoms with van der Waals surface area (Å²) in [5.41, 5.74) is 0.933. The Morgan fingerprint density at radius 1 is 1.17 bits per heavy atom. The summed E-state index contributed by atoms with van der Waals surface area (Å²) >= 11 is 0. The summed E-state index contributed by atoms with van der Waals surface area (Å²) in [5, 5.41) is 0. The molecule has 1 N–H and O–H groups in total. The van der Waals surface area contributed by atoms with Crippen molar-refractivity contribution in [1.82, 2.24) is 4.98 Å². The molecule has 154 valence electrons. The van der Waals surface area contributed by atoms with Gasteiger partial charge in [-0.1, -0.05) is 12.1 Å². The molecule has 8 heteroatoms. The summed E-state index contributed by atoms with van der Waals surface area (Å²) in [7, 11) is 0. The van der Waals surface area contributed by atoms with Crippen LogP contribution in [0.15, 0.2) is 30.3 Å². The quantitative estimate of drug-likeness (QED) is 0.429. The van der Waals surface area contributed by atoms with Crippen LogP contribution < -0.4 is 0 Å². The normalized spacial score (nSPS) is 12.8. The number of carbonyl (C=O) groups excluding carboxylic acids is 3. The van der Waals surface area contributed by atoms with Crippen LogP contribution in [0.2, 0.25) is 0 Å². The van der Waals surface area contributed by atoms with Crippen LogP contribution in [0.5, 0.6) is 0 Å². The minimum atomic E-state index is -4.49. The van der Waals surface area contributed by atoms with Crippen LogP contribution in [0.1, 0.15) is 57.1 Å². The Bertz CT molecular complexity index is 986. The maximum Gasteiger partial charge on any atom is 0.416 e. The molecule has 0 saturated heterocycles. The molecule has 0 aliphatic heterocycles. The molecule has 2 aromatic rings. The summed E-state index contributed by atoms with van der Waals surface area (Å²) in [5.74, 6) is -1.58. The number of esters is 1. The number of nitrogens with one attached hydrogen (secondary N) is 1. The van der Waals surface area contributed by atoms with Gasteiger partial charge >= 0.3 is 12.1 Å². The molecule has 1 heterocycles. The molecule has 29 heavy (non-hydrogen) atoms. The lowest BCUT2D eigenvalue weighted by molar-refractivity contribution is -0.140. The first-order valence-corrected chi connectivity index (χ1v) is 8.72. The van der Waals surface area contributed by atoms with Crippen molar-refractivity contribution in [1.29, 1.82) is 0 Å². The number of halogens is 3. The highest BCUT2D eigenvalue weighted by Crippen LogP contribution is 2.29. The molecule has 0 unspecified atom stereocenters. The van der Waals surface area contributed by atoms with Crippen molar-refractivity contribution in [2.45, 2.75) is 40.0 Å². The topological polar surface area (TPSA) is 76.2 Å². The Morgan fingerprint density at radius 3 is 2.38 bits per heavy atom. The maximum absolute atomic E-state index is 12.7. The van der Waals surface area contributed by atoms with Gasteiger partial charge in [0.25, 0.3) is 0 Å². The summed E-state index contributed by atoms with van der Waals surface area (Å²) < 4.78 is 43.2. The summed E-state index contributed by atoms with van der Waals surface area (Å²) in [4.78, 5) is 39.0. The number of benzene rings is 1. The van der Waals surface area contributed by atoms with Gasteiger partial charge < -0.3 is 9.72 Å². The molecular formula is C21H20F3NO4. The number of carbonyl (C=O) groups is 3. The van der Waals surface area contributed by atoms with Crippen LogP contribution in [0.25, 0.3) is 6.08 Å². The van der Waals surface area contributed by atoms with Gasteiger partial charge in [0, 0.05) is 17.3 Å². The minimum absolute atomic E-state index is 0.165. The molecule has 1 aromatic carbocycles. The lowest BCUT2D eigenvalue weighted by Crippen LogP contribution is -2.24. The lowest BCUT2D eigenvalue weighted by Gasteiger charge is -2.11. The molecule has 2 rings (SSSR count). The Morgan fingerprint density at radius 2 is 1.83 bits per heavy atom. The highest BCUT2D eigenvalue weighted by Gasteiger charge is 2.30. The number of ketones is 2. The average molecular weight is 407 g/mol. The zero-order valence-corrected chi connectivity index (χ0v) is 16.3. The Hall–Kier alpha value is -3.16. The van der Waals surface area contributed by atoms with Gasteiger partial charge in [-0.25, -0.2) is 4.79 Å². The van der Waals surface area contributed by atoms with Gasteiger partial charge in [0.2, 0.25) is 5.78 Å². The van der Waals surface area contributed by atoms with Crippen molar-refractivity contribution in [3.05, 3.63) is 64.0 Å². The first-order valence-electron chi connectivity index (χ1n) is 8.72. The van der Waals surface area contributed by atoms with Gasteiger partial charge in [0.1, 0.15) is 0 Å². The van der Waals surface area contributed by atoms with Crippen molar-refractivity contribution in [3.63, 3.8) is 0 Å². The van der Waals surface area contributed by atoms with Crippen LogP contribution in [0.4, 0.5) is 13.2 Å². The Kier molecular flexibility index (Phi) is 6.46. The summed E-state index contributed by atoms with van der Waals surface area (Å²) in [6.45, 7) is 6.05. The third-order valence-corrected chi connectivity index (χ3v) is 4.32. The van der Waals surface area contributed by atoms with Gasteiger partial charge in [-0.2, -0.15) is 13.2 Å². The number of alkyl halides is 3. The molecule has 0 aliphatic carbocycles. The number of hydrogen-bond donors (Lipinski definition) is 1. The minimum Gasteiger partial charge on any atom is -0.451 e. The highest BCUT2D eigenvalue weighted by atomic mass is 19.4. The van der Waals surface area contributed by atoms with Crippen LogP contribution in [-0.4, -0.2) is 28.6 Å². The molecule has 1 atom stereocenters. The molecule has 0 spiro atoms. The summed E-state index contributed by atoms with van der Waals surface area (Å²) in [6, 6.07) is 4.45. The zero-order chi connectivity index (χ0) is 21.9. The predicted molar refractivity (Wildman–Crippen MR) is 101 cm³/mol. The second kappa shape index (κ2) is 8.46. The van der Waals surface area contributed by atoms with E-state index in [1.165, 1.54) is 32.1 Å². The Labute approximate surface area is 165 Å². The van der Waals surface area contributed by atoms with Crippen molar-refractivity contribution < 1.29 is 32.3 Å². The van der Waals surface area contributed by atoms with E-state index in [0.717, 1.165) is 18.2 Å². The fourth-order valence-corrected chi connectivity index (χ4v) is 2.98. The third-order valence-electron chi connectivity index (χ3n) is 4.32. The van der Waals surface area contributed by atoms with E-state index in [1.54, 1.807) is 13.8 Å². The van der Waals surface area contributed by atoms with E-state index in [9.17, 15) is 27.6 Å². The second-order valence-corrected chi connectivity index (χ2v) is 6.58. The summed E-state index contributed by atoms with van der Waals surface area (Å²) in [6.07, 6.45) is -3.51. The maximum atomic E-state index is 12.7. The monoisotopic (exact) mass is 407 g/mol. The van der Waals surface area contributed by atoms with Crippen molar-refractivity contribution in [2.24, 2.45) is 0 Å². The molecule has 0 amide bonds. The van der Waals surface area contributed by atoms with Gasteiger partial charge in [-0.05, 0) is 57.0 Å². The molecule has 0 saturated carbocycles. The van der Waals surface area contributed by atoms with Crippen molar-refractivity contribution >= 4 is 23.6 Å². The average Bonchev–Trinajstić information content (AvgIpc) is 2.93. The number of H-pyrrole nitrogens is 1.